The van der Waals surface area contributed by atoms with E-state index in [0.29, 0.717) is 6.54 Å². The van der Waals surface area contributed by atoms with Gasteiger partial charge in [0.25, 0.3) is 0 Å². The summed E-state index contributed by atoms with van der Waals surface area (Å²) in [5.74, 6) is -1.38. The van der Waals surface area contributed by atoms with Crippen LogP contribution in [0.3, 0.4) is 0 Å². The SMILES string of the molecule is C[NH+](C)CCNC(=O)CCN1C(=O)CS[C@H]1c1ccc(F)cc1F. The molecule has 1 aromatic rings. The third kappa shape index (κ3) is 4.91. The summed E-state index contributed by atoms with van der Waals surface area (Å²) < 4.78 is 27.0. The molecule has 1 heterocycles. The molecule has 8 heteroatoms. The molecule has 2 N–H and O–H groups in total. The molecule has 2 amide bonds. The number of quaternary nitrogens is 1. The van der Waals surface area contributed by atoms with Crippen LogP contribution in [-0.2, 0) is 9.59 Å². The lowest BCUT2D eigenvalue weighted by atomic mass is 10.2. The molecule has 0 spiro atoms. The summed E-state index contributed by atoms with van der Waals surface area (Å²) in [6.45, 7) is 1.60. The third-order valence-corrected chi connectivity index (χ3v) is 4.96. The molecule has 0 radical (unpaired) electrons. The largest absolute Gasteiger partial charge is 0.350 e. The van der Waals surface area contributed by atoms with E-state index in [9.17, 15) is 18.4 Å². The molecule has 5 nitrogen and oxygen atoms in total. The standard InChI is InChI=1S/C16H21F2N3O2S/c1-20(2)8-6-19-14(22)5-7-21-15(23)10-24-16(21)12-4-3-11(17)9-13(12)18/h3-4,9,16H,5-8,10H2,1-2H3,(H,19,22)/p+1/t16-/m0/s1. The third-order valence-electron chi connectivity index (χ3n) is 3.72. The van der Waals surface area contributed by atoms with Crippen molar-refractivity contribution in [2.45, 2.75) is 11.8 Å². The van der Waals surface area contributed by atoms with Gasteiger partial charge in [-0.1, -0.05) is 6.07 Å². The van der Waals surface area contributed by atoms with Gasteiger partial charge in [-0.05, 0) is 6.07 Å². The van der Waals surface area contributed by atoms with Gasteiger partial charge in [0.15, 0.2) is 0 Å². The van der Waals surface area contributed by atoms with E-state index >= 15 is 0 Å². The summed E-state index contributed by atoms with van der Waals surface area (Å²) in [5, 5.41) is 2.28. The minimum Gasteiger partial charge on any atom is -0.350 e. The van der Waals surface area contributed by atoms with E-state index < -0.39 is 17.0 Å². The van der Waals surface area contributed by atoms with E-state index in [1.807, 2.05) is 14.1 Å². The highest BCUT2D eigenvalue weighted by molar-refractivity contribution is 8.00. The Kier molecular flexibility index (Phi) is 6.56. The van der Waals surface area contributed by atoms with Gasteiger partial charge in [-0.25, -0.2) is 8.78 Å². The van der Waals surface area contributed by atoms with Gasteiger partial charge in [0, 0.05) is 24.6 Å². The first-order valence-electron chi connectivity index (χ1n) is 7.80. The van der Waals surface area contributed by atoms with Crippen LogP contribution in [0, 0.1) is 11.6 Å². The van der Waals surface area contributed by atoms with Crippen molar-refractivity contribution in [3.63, 3.8) is 0 Å². The van der Waals surface area contributed by atoms with Crippen molar-refractivity contribution in [1.29, 1.82) is 0 Å². The van der Waals surface area contributed by atoms with Crippen LogP contribution in [-0.4, -0.2) is 56.2 Å². The van der Waals surface area contributed by atoms with E-state index in [1.165, 1.54) is 33.7 Å². The van der Waals surface area contributed by atoms with Gasteiger partial charge >= 0.3 is 0 Å². The Morgan fingerprint density at radius 1 is 1.42 bits per heavy atom. The van der Waals surface area contributed by atoms with Crippen LogP contribution in [0.4, 0.5) is 8.78 Å². The van der Waals surface area contributed by atoms with Gasteiger partial charge in [-0.3, -0.25) is 9.59 Å². The maximum absolute atomic E-state index is 14.0. The number of carbonyl (C=O) groups is 2. The molecular weight excluding hydrogens is 336 g/mol. The lowest BCUT2D eigenvalue weighted by Gasteiger charge is -2.24. The second-order valence-electron chi connectivity index (χ2n) is 5.97. The topological polar surface area (TPSA) is 53.9 Å². The monoisotopic (exact) mass is 358 g/mol. The summed E-state index contributed by atoms with van der Waals surface area (Å²) >= 11 is 1.28. The van der Waals surface area contributed by atoms with Crippen molar-refractivity contribution in [3.8, 4) is 0 Å². The lowest BCUT2D eigenvalue weighted by molar-refractivity contribution is -0.856. The Bertz CT molecular complexity index is 613. The Labute approximate surface area is 144 Å². The van der Waals surface area contributed by atoms with E-state index in [1.54, 1.807) is 0 Å². The summed E-state index contributed by atoms with van der Waals surface area (Å²) in [6.07, 6.45) is 0.161. The number of rotatable bonds is 7. The Hall–Kier alpha value is -1.67. The maximum atomic E-state index is 14.0. The molecule has 0 aliphatic carbocycles. The normalized spacial score (nSPS) is 17.6. The Morgan fingerprint density at radius 3 is 2.83 bits per heavy atom. The average molecular weight is 358 g/mol. The minimum atomic E-state index is -0.675. The smallest absolute Gasteiger partial charge is 0.233 e. The molecule has 24 heavy (non-hydrogen) atoms. The predicted molar refractivity (Wildman–Crippen MR) is 88.6 cm³/mol. The first-order chi connectivity index (χ1) is 11.4. The number of hydrogen-bond acceptors (Lipinski definition) is 3. The van der Waals surface area contributed by atoms with Gasteiger partial charge in [-0.15, -0.1) is 11.8 Å². The first kappa shape index (κ1) is 18.7. The van der Waals surface area contributed by atoms with Gasteiger partial charge in [-0.2, -0.15) is 0 Å². The Morgan fingerprint density at radius 2 is 2.17 bits per heavy atom. The lowest BCUT2D eigenvalue weighted by Crippen LogP contribution is -3.06. The number of carbonyl (C=O) groups excluding carboxylic acids is 2. The maximum Gasteiger partial charge on any atom is 0.233 e. The molecule has 132 valence electrons. The second-order valence-corrected chi connectivity index (χ2v) is 7.04. The van der Waals surface area contributed by atoms with Crippen LogP contribution >= 0.6 is 11.8 Å². The van der Waals surface area contributed by atoms with E-state index in [-0.39, 0.29) is 36.1 Å². The van der Waals surface area contributed by atoms with E-state index in [4.69, 9.17) is 0 Å². The van der Waals surface area contributed by atoms with Crippen LogP contribution < -0.4 is 10.2 Å². The van der Waals surface area contributed by atoms with Crippen molar-refractivity contribution in [1.82, 2.24) is 10.2 Å². The van der Waals surface area contributed by atoms with Gasteiger partial charge in [0.05, 0.1) is 32.9 Å². The molecule has 0 unspecified atom stereocenters. The van der Waals surface area contributed by atoms with Gasteiger partial charge < -0.3 is 15.1 Å². The molecule has 0 bridgehead atoms. The molecule has 0 saturated carbocycles. The van der Waals surface area contributed by atoms with Crippen molar-refractivity contribution in [3.05, 3.63) is 35.4 Å². The number of hydrogen-bond donors (Lipinski definition) is 2. The van der Waals surface area contributed by atoms with E-state index in [2.05, 4.69) is 5.32 Å². The quantitative estimate of drug-likeness (QED) is 0.732. The highest BCUT2D eigenvalue weighted by atomic mass is 32.2. The fourth-order valence-corrected chi connectivity index (χ4v) is 3.66. The van der Waals surface area contributed by atoms with Crippen LogP contribution in [0.1, 0.15) is 17.4 Å². The zero-order valence-corrected chi connectivity index (χ0v) is 14.6. The van der Waals surface area contributed by atoms with E-state index in [0.717, 1.165) is 12.6 Å². The summed E-state index contributed by atoms with van der Waals surface area (Å²) in [4.78, 5) is 26.6. The first-order valence-corrected chi connectivity index (χ1v) is 8.85. The average Bonchev–Trinajstić information content (AvgIpc) is 2.85. The molecule has 1 aromatic carbocycles. The number of likely N-dealkylation sites (N-methyl/N-ethyl adjacent to an activating group) is 1. The number of nitrogens with zero attached hydrogens (tertiary/aromatic N) is 1. The number of halogens is 2. The van der Waals surface area contributed by atoms with Gasteiger partial charge in [0.2, 0.25) is 11.8 Å². The molecular formula is C16H22F2N3O2S+. The molecule has 1 atom stereocenters. The molecule has 1 aliphatic rings. The van der Waals surface area contributed by atoms with Crippen molar-refractivity contribution >= 4 is 23.6 Å². The molecule has 0 aromatic heterocycles. The van der Waals surface area contributed by atoms with Crippen LogP contribution in [0.5, 0.6) is 0 Å². The summed E-state index contributed by atoms with van der Waals surface area (Å²) in [5.41, 5.74) is 0.267. The zero-order chi connectivity index (χ0) is 17.7. The van der Waals surface area contributed by atoms with Gasteiger partial charge in [0.1, 0.15) is 17.0 Å². The van der Waals surface area contributed by atoms with Crippen molar-refractivity contribution < 1.29 is 23.3 Å². The number of benzene rings is 1. The highest BCUT2D eigenvalue weighted by Gasteiger charge is 2.34. The van der Waals surface area contributed by atoms with Crippen LogP contribution in [0.25, 0.3) is 0 Å². The highest BCUT2D eigenvalue weighted by Crippen LogP contribution is 2.39. The molecule has 1 saturated heterocycles. The fourth-order valence-electron chi connectivity index (χ4n) is 2.42. The zero-order valence-electron chi connectivity index (χ0n) is 13.8. The number of thioether (sulfide) groups is 1. The number of amides is 2. The molecule has 1 fully saturated rings. The van der Waals surface area contributed by atoms with Crippen LogP contribution in [0.2, 0.25) is 0 Å². The van der Waals surface area contributed by atoms with Crippen molar-refractivity contribution in [2.24, 2.45) is 0 Å². The predicted octanol–water partition coefficient (Wildman–Crippen LogP) is 0.190. The molecule has 1 aliphatic heterocycles. The summed E-state index contributed by atoms with van der Waals surface area (Å²) in [7, 11) is 3.99. The van der Waals surface area contributed by atoms with Crippen molar-refractivity contribution in [2.75, 3.05) is 39.5 Å². The summed E-state index contributed by atoms with van der Waals surface area (Å²) in [6, 6.07) is 3.34. The second kappa shape index (κ2) is 8.43. The number of nitrogens with one attached hydrogen (secondary N) is 2. The minimum absolute atomic E-state index is 0.140. The fraction of sp³-hybridized carbons (Fsp3) is 0.500. The van der Waals surface area contributed by atoms with Crippen LogP contribution in [0.15, 0.2) is 18.2 Å². The Balaban J connectivity index is 1.94. The molecule has 2 rings (SSSR count).